The van der Waals surface area contributed by atoms with E-state index in [9.17, 15) is 14.9 Å². The Bertz CT molecular complexity index is 655. The molecule has 2 aromatic rings. The van der Waals surface area contributed by atoms with Crippen LogP contribution in [0.2, 0.25) is 0 Å². The van der Waals surface area contributed by atoms with E-state index in [1.54, 1.807) is 19.2 Å². The molecule has 3 N–H and O–H groups in total. The van der Waals surface area contributed by atoms with Crippen LogP contribution >= 0.6 is 0 Å². The Kier molecular flexibility index (Phi) is 4.10. The van der Waals surface area contributed by atoms with E-state index in [1.807, 2.05) is 0 Å². The predicted molar refractivity (Wildman–Crippen MR) is 77.9 cm³/mol. The first-order chi connectivity index (χ1) is 10.0. The number of rotatable bonds is 4. The van der Waals surface area contributed by atoms with E-state index in [0.29, 0.717) is 11.4 Å². The largest absolute Gasteiger partial charge is 0.323 e. The number of nitro groups is 1. The maximum absolute atomic E-state index is 12.2. The van der Waals surface area contributed by atoms with Crippen molar-refractivity contribution >= 4 is 23.0 Å². The van der Waals surface area contributed by atoms with Gasteiger partial charge < -0.3 is 10.3 Å². The van der Waals surface area contributed by atoms with Crippen molar-refractivity contribution in [2.75, 3.05) is 17.4 Å². The predicted octanol–water partition coefficient (Wildman–Crippen LogP) is 1.55. The van der Waals surface area contributed by atoms with Crippen LogP contribution in [0.1, 0.15) is 10.5 Å². The molecule has 2 rings (SSSR count). The van der Waals surface area contributed by atoms with Crippen LogP contribution in [-0.4, -0.2) is 22.9 Å². The molecule has 1 heterocycles. The summed E-state index contributed by atoms with van der Waals surface area (Å²) in [6, 6.07) is 8.86. The lowest BCUT2D eigenvalue weighted by Gasteiger charge is -2.16. The van der Waals surface area contributed by atoms with Crippen LogP contribution in [0.3, 0.4) is 0 Å². The minimum Gasteiger partial charge on any atom is -0.323 e. The highest BCUT2D eigenvalue weighted by molar-refractivity contribution is 6.04. The monoisotopic (exact) mass is 287 g/mol. The fourth-order valence-corrected chi connectivity index (χ4v) is 1.69. The summed E-state index contributed by atoms with van der Waals surface area (Å²) in [6.45, 7) is 0. The molecular weight excluding hydrogens is 274 g/mol. The number of pyridine rings is 1. The summed E-state index contributed by atoms with van der Waals surface area (Å²) in [5.41, 5.74) is 3.76. The number of hydrazine groups is 1. The number of hydrogen-bond donors (Lipinski definition) is 2. The minimum absolute atomic E-state index is 0.0314. The summed E-state index contributed by atoms with van der Waals surface area (Å²) in [4.78, 5) is 27.7. The molecule has 0 radical (unpaired) electrons. The number of nitrogen functional groups attached to an aromatic ring is 1. The Hall–Kier alpha value is -3.00. The molecule has 1 amide bonds. The summed E-state index contributed by atoms with van der Waals surface area (Å²) in [5, 5.41) is 10.6. The third-order valence-corrected chi connectivity index (χ3v) is 2.90. The molecule has 0 aliphatic heterocycles. The Balaban J connectivity index is 2.19. The fourth-order valence-electron chi connectivity index (χ4n) is 1.69. The summed E-state index contributed by atoms with van der Waals surface area (Å²) in [5.74, 6) is 4.90. The molecule has 0 unspecified atom stereocenters. The average molecular weight is 287 g/mol. The number of nitrogens with zero attached hydrogens (tertiary/aromatic N) is 3. The third-order valence-electron chi connectivity index (χ3n) is 2.90. The lowest BCUT2D eigenvalue weighted by atomic mass is 10.2. The van der Waals surface area contributed by atoms with E-state index < -0.39 is 4.92 Å². The van der Waals surface area contributed by atoms with Crippen LogP contribution in [0.25, 0.3) is 0 Å². The summed E-state index contributed by atoms with van der Waals surface area (Å²) < 4.78 is 0. The van der Waals surface area contributed by atoms with Crippen molar-refractivity contribution in [1.29, 1.82) is 0 Å². The zero-order valence-electron chi connectivity index (χ0n) is 11.2. The second-order valence-electron chi connectivity index (χ2n) is 4.21. The maximum atomic E-state index is 12.2. The normalized spacial score (nSPS) is 10.0. The number of non-ortho nitro benzene ring substituents is 1. The SMILES string of the molecule is CN(C(=O)c1ccc(NN)cn1)c1ccc([N+](=O)[O-])cc1. The van der Waals surface area contributed by atoms with Crippen LogP contribution in [0, 0.1) is 10.1 Å². The molecule has 0 bridgehead atoms. The van der Waals surface area contributed by atoms with Gasteiger partial charge in [0.1, 0.15) is 5.69 Å². The van der Waals surface area contributed by atoms with Crippen LogP contribution in [0.15, 0.2) is 42.6 Å². The molecule has 1 aromatic carbocycles. The van der Waals surface area contributed by atoms with Gasteiger partial charge in [-0.2, -0.15) is 0 Å². The van der Waals surface area contributed by atoms with Crippen molar-refractivity contribution in [3.05, 3.63) is 58.4 Å². The average Bonchev–Trinajstić information content (AvgIpc) is 2.53. The molecule has 8 nitrogen and oxygen atoms in total. The number of benzene rings is 1. The molecule has 108 valence electrons. The van der Waals surface area contributed by atoms with Crippen molar-refractivity contribution in [2.24, 2.45) is 5.84 Å². The molecular formula is C13H13N5O3. The summed E-state index contributed by atoms with van der Waals surface area (Å²) >= 11 is 0. The molecule has 8 heteroatoms. The highest BCUT2D eigenvalue weighted by Gasteiger charge is 2.15. The molecule has 0 saturated carbocycles. The standard InChI is InChI=1S/C13H13N5O3/c1-17(10-3-5-11(6-4-10)18(20)21)13(19)12-7-2-9(16-14)8-15-12/h2-8,16H,14H2,1H3. The highest BCUT2D eigenvalue weighted by Crippen LogP contribution is 2.19. The van der Waals surface area contributed by atoms with Crippen molar-refractivity contribution in [1.82, 2.24) is 4.98 Å². The van der Waals surface area contributed by atoms with Gasteiger partial charge in [0.05, 0.1) is 16.8 Å². The summed E-state index contributed by atoms with van der Waals surface area (Å²) in [7, 11) is 1.57. The Labute approximate surface area is 120 Å². The first-order valence-corrected chi connectivity index (χ1v) is 5.98. The van der Waals surface area contributed by atoms with Gasteiger partial charge in [0, 0.05) is 24.9 Å². The van der Waals surface area contributed by atoms with E-state index in [2.05, 4.69) is 10.4 Å². The number of carbonyl (C=O) groups excluding carboxylic acids is 1. The molecule has 0 fully saturated rings. The Morgan fingerprint density at radius 3 is 2.43 bits per heavy atom. The highest BCUT2D eigenvalue weighted by atomic mass is 16.6. The van der Waals surface area contributed by atoms with Crippen molar-refractivity contribution in [3.63, 3.8) is 0 Å². The van der Waals surface area contributed by atoms with Crippen LogP contribution in [0.4, 0.5) is 17.1 Å². The van der Waals surface area contributed by atoms with Crippen molar-refractivity contribution < 1.29 is 9.72 Å². The number of nitro benzene ring substituents is 1. The third kappa shape index (κ3) is 3.12. The molecule has 0 saturated heterocycles. The number of carbonyl (C=O) groups is 1. The van der Waals surface area contributed by atoms with Gasteiger partial charge in [0.2, 0.25) is 0 Å². The van der Waals surface area contributed by atoms with Gasteiger partial charge >= 0.3 is 0 Å². The van der Waals surface area contributed by atoms with Gasteiger partial charge in [-0.1, -0.05) is 0 Å². The smallest absolute Gasteiger partial charge is 0.276 e. The topological polar surface area (TPSA) is 114 Å². The van der Waals surface area contributed by atoms with Gasteiger partial charge in [0.15, 0.2) is 0 Å². The second kappa shape index (κ2) is 5.97. The van der Waals surface area contributed by atoms with Crippen molar-refractivity contribution in [3.8, 4) is 0 Å². The number of hydrogen-bond acceptors (Lipinski definition) is 6. The zero-order chi connectivity index (χ0) is 15.4. The molecule has 0 spiro atoms. The molecule has 0 atom stereocenters. The van der Waals surface area contributed by atoms with Crippen molar-refractivity contribution in [2.45, 2.75) is 0 Å². The number of aromatic nitrogens is 1. The van der Waals surface area contributed by atoms with Gasteiger partial charge in [-0.25, -0.2) is 4.98 Å². The van der Waals surface area contributed by atoms with Gasteiger partial charge in [-0.3, -0.25) is 20.8 Å². The minimum atomic E-state index is -0.494. The molecule has 0 aliphatic carbocycles. The van der Waals surface area contributed by atoms with Gasteiger partial charge in [-0.15, -0.1) is 0 Å². The van der Waals surface area contributed by atoms with Crippen LogP contribution in [-0.2, 0) is 0 Å². The van der Waals surface area contributed by atoms with Crippen LogP contribution < -0.4 is 16.2 Å². The Morgan fingerprint density at radius 2 is 1.95 bits per heavy atom. The fraction of sp³-hybridized carbons (Fsp3) is 0.0769. The zero-order valence-corrected chi connectivity index (χ0v) is 11.2. The first kappa shape index (κ1) is 14.4. The number of nitrogens with one attached hydrogen (secondary N) is 1. The van der Waals surface area contributed by atoms with E-state index in [0.717, 1.165) is 0 Å². The number of anilines is 2. The lowest BCUT2D eigenvalue weighted by Crippen LogP contribution is -2.27. The Morgan fingerprint density at radius 1 is 1.29 bits per heavy atom. The first-order valence-electron chi connectivity index (χ1n) is 5.98. The van der Waals surface area contributed by atoms with Crippen LogP contribution in [0.5, 0.6) is 0 Å². The maximum Gasteiger partial charge on any atom is 0.276 e. The van der Waals surface area contributed by atoms with E-state index in [-0.39, 0.29) is 17.3 Å². The van der Waals surface area contributed by atoms with E-state index in [4.69, 9.17) is 5.84 Å². The van der Waals surface area contributed by atoms with Gasteiger partial charge in [0.25, 0.3) is 11.6 Å². The quantitative estimate of drug-likeness (QED) is 0.501. The molecule has 21 heavy (non-hydrogen) atoms. The number of amides is 1. The summed E-state index contributed by atoms with van der Waals surface area (Å²) in [6.07, 6.45) is 1.44. The molecule has 1 aromatic heterocycles. The van der Waals surface area contributed by atoms with Gasteiger partial charge in [-0.05, 0) is 24.3 Å². The van der Waals surface area contributed by atoms with E-state index in [1.165, 1.54) is 35.4 Å². The van der Waals surface area contributed by atoms with E-state index >= 15 is 0 Å². The molecule has 0 aliphatic rings. The lowest BCUT2D eigenvalue weighted by molar-refractivity contribution is -0.384. The number of nitrogens with two attached hydrogens (primary N) is 1. The second-order valence-corrected chi connectivity index (χ2v) is 4.21.